The third kappa shape index (κ3) is 3.16. The fourth-order valence-corrected chi connectivity index (χ4v) is 2.98. The van der Waals surface area contributed by atoms with Crippen molar-refractivity contribution in [2.45, 2.75) is 32.2 Å². The Morgan fingerprint density at radius 1 is 1.29 bits per heavy atom. The van der Waals surface area contributed by atoms with Gasteiger partial charge in [0.05, 0.1) is 6.61 Å². The number of nitrogens with zero attached hydrogens (tertiary/aromatic N) is 5. The van der Waals surface area contributed by atoms with E-state index >= 15 is 0 Å². The Morgan fingerprint density at radius 2 is 2.19 bits per heavy atom. The van der Waals surface area contributed by atoms with Crippen LogP contribution in [-0.4, -0.2) is 58.7 Å². The number of piperazine rings is 1. The minimum Gasteiger partial charge on any atom is -0.463 e. The number of rotatable bonds is 5. The van der Waals surface area contributed by atoms with Gasteiger partial charge >= 0.3 is 6.01 Å². The molecule has 8 nitrogen and oxygen atoms in total. The number of ether oxygens (including phenoxy) is 1. The highest BCUT2D eigenvalue weighted by Gasteiger charge is 2.31. The fourth-order valence-electron chi connectivity index (χ4n) is 2.98. The van der Waals surface area contributed by atoms with Crippen LogP contribution in [0.2, 0.25) is 0 Å². The number of fused-ring (bicyclic) bond motifs is 1. The molecular weight excluding hydrogens is 270 g/mol. The first-order valence-corrected chi connectivity index (χ1v) is 7.64. The number of anilines is 2. The molecule has 1 unspecified atom stereocenters. The molecule has 0 aliphatic carbocycles. The third-order valence-corrected chi connectivity index (χ3v) is 4.04. The summed E-state index contributed by atoms with van der Waals surface area (Å²) >= 11 is 0. The van der Waals surface area contributed by atoms with Crippen LogP contribution in [0.3, 0.4) is 0 Å². The number of nitrogens with one attached hydrogen (secondary N) is 1. The third-order valence-electron chi connectivity index (χ3n) is 4.04. The van der Waals surface area contributed by atoms with Gasteiger partial charge in [-0.05, 0) is 25.8 Å². The van der Waals surface area contributed by atoms with Crippen LogP contribution in [0.5, 0.6) is 6.01 Å². The number of hydrogen-bond acceptors (Lipinski definition) is 8. The van der Waals surface area contributed by atoms with Gasteiger partial charge in [0.25, 0.3) is 0 Å². The number of nitrogen functional groups attached to an aromatic ring is 1. The van der Waals surface area contributed by atoms with Gasteiger partial charge in [-0.3, -0.25) is 10.3 Å². The average Bonchev–Trinajstić information content (AvgIpc) is 3.00. The Bertz CT molecular complexity index is 484. The monoisotopic (exact) mass is 293 g/mol. The first kappa shape index (κ1) is 14.3. The minimum atomic E-state index is 0.337. The summed E-state index contributed by atoms with van der Waals surface area (Å²) in [5.74, 6) is 6.44. The second kappa shape index (κ2) is 6.40. The van der Waals surface area contributed by atoms with E-state index in [4.69, 9.17) is 10.6 Å². The van der Waals surface area contributed by atoms with Crippen molar-refractivity contribution in [2.24, 2.45) is 5.84 Å². The van der Waals surface area contributed by atoms with Gasteiger partial charge < -0.3 is 9.64 Å². The summed E-state index contributed by atoms with van der Waals surface area (Å²) < 4.78 is 5.52. The molecule has 3 heterocycles. The van der Waals surface area contributed by atoms with E-state index in [1.165, 1.54) is 19.4 Å². The Morgan fingerprint density at radius 3 is 3.00 bits per heavy atom. The molecule has 0 radical (unpaired) electrons. The Kier molecular flexibility index (Phi) is 4.35. The lowest BCUT2D eigenvalue weighted by Gasteiger charge is -2.37. The maximum atomic E-state index is 5.52. The molecule has 2 fully saturated rings. The second-order valence-electron chi connectivity index (χ2n) is 5.51. The number of hydrazine groups is 1. The molecule has 1 aromatic heterocycles. The predicted molar refractivity (Wildman–Crippen MR) is 80.2 cm³/mol. The zero-order chi connectivity index (χ0) is 14.7. The molecule has 1 aromatic rings. The molecule has 0 aromatic carbocycles. The largest absolute Gasteiger partial charge is 0.463 e. The summed E-state index contributed by atoms with van der Waals surface area (Å²) in [5.41, 5.74) is 2.49. The van der Waals surface area contributed by atoms with E-state index in [0.29, 0.717) is 30.6 Å². The summed E-state index contributed by atoms with van der Waals surface area (Å²) in [7, 11) is 0. The summed E-state index contributed by atoms with van der Waals surface area (Å²) in [6.45, 7) is 6.80. The maximum absolute atomic E-state index is 5.52. The zero-order valence-electron chi connectivity index (χ0n) is 12.5. The van der Waals surface area contributed by atoms with E-state index < -0.39 is 0 Å². The van der Waals surface area contributed by atoms with Crippen molar-refractivity contribution < 1.29 is 4.74 Å². The Balaban J connectivity index is 1.76. The summed E-state index contributed by atoms with van der Waals surface area (Å²) in [6, 6.07) is 0.952. The molecular formula is C13H23N7O. The molecule has 2 aliphatic rings. The first-order valence-electron chi connectivity index (χ1n) is 7.64. The highest BCUT2D eigenvalue weighted by molar-refractivity contribution is 5.38. The van der Waals surface area contributed by atoms with E-state index in [9.17, 15) is 0 Å². The fraction of sp³-hybridized carbons (Fsp3) is 0.769. The molecule has 8 heteroatoms. The van der Waals surface area contributed by atoms with E-state index in [1.54, 1.807) is 0 Å². The normalized spacial score (nSPS) is 22.2. The highest BCUT2D eigenvalue weighted by atomic mass is 16.5. The van der Waals surface area contributed by atoms with E-state index in [0.717, 1.165) is 26.1 Å². The van der Waals surface area contributed by atoms with Gasteiger partial charge in [0.2, 0.25) is 11.9 Å². The van der Waals surface area contributed by atoms with Gasteiger partial charge in [-0.25, -0.2) is 5.84 Å². The van der Waals surface area contributed by atoms with Crippen molar-refractivity contribution in [1.82, 2.24) is 19.9 Å². The van der Waals surface area contributed by atoms with Gasteiger partial charge in [0.15, 0.2) is 0 Å². The van der Waals surface area contributed by atoms with E-state index in [1.807, 2.05) is 6.92 Å². The van der Waals surface area contributed by atoms with Crippen LogP contribution in [0.4, 0.5) is 11.9 Å². The number of nitrogens with two attached hydrogens (primary N) is 1. The molecule has 2 saturated heterocycles. The highest BCUT2D eigenvalue weighted by Crippen LogP contribution is 2.24. The molecule has 2 aliphatic heterocycles. The van der Waals surface area contributed by atoms with Crippen molar-refractivity contribution in [2.75, 3.05) is 43.1 Å². The molecule has 0 amide bonds. The average molecular weight is 293 g/mol. The van der Waals surface area contributed by atoms with Crippen molar-refractivity contribution in [3.8, 4) is 6.01 Å². The van der Waals surface area contributed by atoms with Crippen LogP contribution in [0.15, 0.2) is 0 Å². The van der Waals surface area contributed by atoms with Crippen LogP contribution in [0, 0.1) is 0 Å². The second-order valence-corrected chi connectivity index (χ2v) is 5.51. The van der Waals surface area contributed by atoms with E-state index in [-0.39, 0.29) is 0 Å². The van der Waals surface area contributed by atoms with Crippen LogP contribution in [0.25, 0.3) is 0 Å². The van der Waals surface area contributed by atoms with Crippen molar-refractivity contribution in [1.29, 1.82) is 0 Å². The number of hydrogen-bond donors (Lipinski definition) is 2. The van der Waals surface area contributed by atoms with Gasteiger partial charge in [0.1, 0.15) is 0 Å². The lowest BCUT2D eigenvalue weighted by Crippen LogP contribution is -2.50. The Hall–Kier alpha value is -1.67. The van der Waals surface area contributed by atoms with Crippen LogP contribution in [-0.2, 0) is 0 Å². The molecule has 0 saturated carbocycles. The van der Waals surface area contributed by atoms with Crippen molar-refractivity contribution in [3.63, 3.8) is 0 Å². The quantitative estimate of drug-likeness (QED) is 0.589. The molecule has 116 valence electrons. The molecule has 3 N–H and O–H groups in total. The maximum Gasteiger partial charge on any atom is 0.323 e. The molecule has 21 heavy (non-hydrogen) atoms. The molecule has 3 rings (SSSR count). The Labute approximate surface area is 124 Å². The van der Waals surface area contributed by atoms with Gasteiger partial charge in [-0.15, -0.1) is 0 Å². The van der Waals surface area contributed by atoms with Crippen LogP contribution in [0.1, 0.15) is 26.2 Å². The first-order chi connectivity index (χ1) is 10.3. The summed E-state index contributed by atoms with van der Waals surface area (Å²) in [5, 5.41) is 0. The smallest absolute Gasteiger partial charge is 0.323 e. The number of aromatic nitrogens is 3. The van der Waals surface area contributed by atoms with Crippen molar-refractivity contribution >= 4 is 11.9 Å². The zero-order valence-corrected chi connectivity index (χ0v) is 12.5. The van der Waals surface area contributed by atoms with Gasteiger partial charge in [-0.1, -0.05) is 6.92 Å². The standard InChI is InChI=1S/C13H23N7O/c1-2-8-21-13-16-11(18-14)15-12(17-13)20-7-6-19-5-3-4-10(19)9-20/h10H,2-9,14H2,1H3,(H,15,16,17,18). The van der Waals surface area contributed by atoms with Gasteiger partial charge in [0, 0.05) is 25.7 Å². The molecule has 0 spiro atoms. The summed E-state index contributed by atoms with van der Waals surface area (Å²) in [6.07, 6.45) is 3.45. The topological polar surface area (TPSA) is 92.4 Å². The van der Waals surface area contributed by atoms with Crippen molar-refractivity contribution in [3.05, 3.63) is 0 Å². The van der Waals surface area contributed by atoms with Gasteiger partial charge in [-0.2, -0.15) is 15.0 Å². The molecule has 0 bridgehead atoms. The van der Waals surface area contributed by atoms with Crippen LogP contribution >= 0.6 is 0 Å². The summed E-state index contributed by atoms with van der Waals surface area (Å²) in [4.78, 5) is 17.7. The lowest BCUT2D eigenvalue weighted by atomic mass is 10.2. The predicted octanol–water partition coefficient (Wildman–Crippen LogP) is 0.230. The SMILES string of the molecule is CCCOc1nc(NN)nc(N2CCN3CCCC3C2)n1. The van der Waals surface area contributed by atoms with Crippen LogP contribution < -0.4 is 20.9 Å². The lowest BCUT2D eigenvalue weighted by molar-refractivity contribution is 0.229. The minimum absolute atomic E-state index is 0.337. The molecule has 1 atom stereocenters. The van der Waals surface area contributed by atoms with E-state index in [2.05, 4.69) is 30.2 Å².